The van der Waals surface area contributed by atoms with Crippen molar-refractivity contribution in [2.75, 3.05) is 12.5 Å². The van der Waals surface area contributed by atoms with Crippen LogP contribution in [0.1, 0.15) is 19.8 Å². The molecule has 0 aliphatic rings. The summed E-state index contributed by atoms with van der Waals surface area (Å²) >= 11 is 5.37. The van der Waals surface area contributed by atoms with E-state index in [4.69, 9.17) is 21.6 Å². The summed E-state index contributed by atoms with van der Waals surface area (Å²) in [5, 5.41) is 8.47. The summed E-state index contributed by atoms with van der Waals surface area (Å²) in [6.45, 7) is 2.49. The zero-order valence-corrected chi connectivity index (χ0v) is 6.90. The van der Waals surface area contributed by atoms with Gasteiger partial charge in [-0.2, -0.15) is 5.26 Å². The minimum atomic E-state index is -0.260. The number of alkyl halides is 1. The van der Waals surface area contributed by atoms with E-state index in [1.165, 1.54) is 0 Å². The third kappa shape index (κ3) is 4.60. The molecule has 1 unspecified atom stereocenters. The first-order chi connectivity index (χ1) is 4.85. The topological polar surface area (TPSA) is 33.0 Å². The van der Waals surface area contributed by atoms with E-state index in [9.17, 15) is 0 Å². The summed E-state index contributed by atoms with van der Waals surface area (Å²) in [5.41, 5.74) is 0. The summed E-state index contributed by atoms with van der Waals surface area (Å²) in [6.07, 6.45) is 1.51. The van der Waals surface area contributed by atoms with Crippen LogP contribution in [-0.2, 0) is 4.74 Å². The molecule has 10 heavy (non-hydrogen) atoms. The van der Waals surface area contributed by atoms with Gasteiger partial charge in [-0.25, -0.2) is 0 Å². The molecule has 0 rings (SSSR count). The lowest BCUT2D eigenvalue weighted by Crippen LogP contribution is -2.11. The van der Waals surface area contributed by atoms with Gasteiger partial charge in [0, 0.05) is 5.88 Å². The molecular formula is C7H12ClNO. The van der Waals surface area contributed by atoms with Crippen molar-refractivity contribution in [3.05, 3.63) is 0 Å². The first-order valence-corrected chi connectivity index (χ1v) is 3.95. The fraction of sp³-hybridized carbons (Fsp3) is 0.857. The van der Waals surface area contributed by atoms with E-state index >= 15 is 0 Å². The SMILES string of the molecule is CCCC(C#N)OCCCl. The van der Waals surface area contributed by atoms with Gasteiger partial charge in [0.25, 0.3) is 0 Å². The third-order valence-corrected chi connectivity index (χ3v) is 1.25. The van der Waals surface area contributed by atoms with E-state index in [0.717, 1.165) is 12.8 Å². The lowest BCUT2D eigenvalue weighted by Gasteiger charge is -2.06. The predicted molar refractivity (Wildman–Crippen MR) is 41.0 cm³/mol. The van der Waals surface area contributed by atoms with Crippen molar-refractivity contribution >= 4 is 11.6 Å². The van der Waals surface area contributed by atoms with Gasteiger partial charge in [0.15, 0.2) is 0 Å². The highest BCUT2D eigenvalue weighted by atomic mass is 35.5. The Kier molecular flexibility index (Phi) is 6.68. The number of rotatable bonds is 5. The first-order valence-electron chi connectivity index (χ1n) is 3.42. The Hall–Kier alpha value is -0.260. The quantitative estimate of drug-likeness (QED) is 0.578. The highest BCUT2D eigenvalue weighted by molar-refractivity contribution is 6.17. The van der Waals surface area contributed by atoms with Crippen molar-refractivity contribution in [2.24, 2.45) is 0 Å². The van der Waals surface area contributed by atoms with Gasteiger partial charge in [0.2, 0.25) is 0 Å². The van der Waals surface area contributed by atoms with Crippen molar-refractivity contribution in [2.45, 2.75) is 25.9 Å². The summed E-state index contributed by atoms with van der Waals surface area (Å²) < 4.78 is 5.09. The van der Waals surface area contributed by atoms with Gasteiger partial charge in [-0.1, -0.05) is 13.3 Å². The van der Waals surface area contributed by atoms with Crippen molar-refractivity contribution in [1.29, 1.82) is 5.26 Å². The average Bonchev–Trinajstić information content (AvgIpc) is 1.98. The zero-order valence-electron chi connectivity index (χ0n) is 6.14. The van der Waals surface area contributed by atoms with Crippen molar-refractivity contribution < 1.29 is 4.74 Å². The molecule has 0 bridgehead atoms. The molecule has 0 aliphatic heterocycles. The van der Waals surface area contributed by atoms with Crippen LogP contribution < -0.4 is 0 Å². The Morgan fingerprint density at radius 1 is 1.70 bits per heavy atom. The minimum absolute atomic E-state index is 0.260. The number of hydrogen-bond acceptors (Lipinski definition) is 2. The molecule has 0 aromatic carbocycles. The monoisotopic (exact) mass is 161 g/mol. The second-order valence-electron chi connectivity index (χ2n) is 1.97. The van der Waals surface area contributed by atoms with Crippen LogP contribution in [0.4, 0.5) is 0 Å². The maximum atomic E-state index is 8.47. The van der Waals surface area contributed by atoms with Crippen LogP contribution in [0, 0.1) is 11.3 Å². The number of hydrogen-bond donors (Lipinski definition) is 0. The Balaban J connectivity index is 3.33. The fourth-order valence-corrected chi connectivity index (χ4v) is 0.723. The Morgan fingerprint density at radius 3 is 2.80 bits per heavy atom. The summed E-state index contributed by atoms with van der Waals surface area (Å²) in [7, 11) is 0. The maximum absolute atomic E-state index is 8.47. The summed E-state index contributed by atoms with van der Waals surface area (Å²) in [5.74, 6) is 0.460. The van der Waals surface area contributed by atoms with Gasteiger partial charge in [0.05, 0.1) is 12.7 Å². The molecular weight excluding hydrogens is 150 g/mol. The first kappa shape index (κ1) is 9.74. The van der Waals surface area contributed by atoms with Crippen LogP contribution >= 0.6 is 11.6 Å². The van der Waals surface area contributed by atoms with Gasteiger partial charge in [-0.15, -0.1) is 11.6 Å². The molecule has 1 atom stereocenters. The molecule has 0 saturated heterocycles. The molecule has 0 spiro atoms. The normalized spacial score (nSPS) is 12.5. The second kappa shape index (κ2) is 6.85. The highest BCUT2D eigenvalue weighted by Gasteiger charge is 2.03. The molecule has 0 aromatic rings. The molecule has 0 heterocycles. The van der Waals surface area contributed by atoms with Gasteiger partial charge in [-0.05, 0) is 6.42 Å². The molecule has 0 aliphatic carbocycles. The Morgan fingerprint density at radius 2 is 2.40 bits per heavy atom. The lowest BCUT2D eigenvalue weighted by molar-refractivity contribution is 0.0964. The molecule has 0 amide bonds. The predicted octanol–water partition coefficient (Wildman–Crippen LogP) is 1.93. The molecule has 3 heteroatoms. The van der Waals surface area contributed by atoms with Crippen LogP contribution in [0.5, 0.6) is 0 Å². The van der Waals surface area contributed by atoms with Crippen LogP contribution in [-0.4, -0.2) is 18.6 Å². The molecule has 0 fully saturated rings. The van der Waals surface area contributed by atoms with E-state index in [-0.39, 0.29) is 6.10 Å². The number of halogens is 1. The Bertz CT molecular complexity index is 111. The molecule has 0 saturated carbocycles. The molecule has 0 N–H and O–H groups in total. The van der Waals surface area contributed by atoms with Crippen molar-refractivity contribution in [3.63, 3.8) is 0 Å². The molecule has 58 valence electrons. The van der Waals surface area contributed by atoms with Gasteiger partial charge in [-0.3, -0.25) is 0 Å². The van der Waals surface area contributed by atoms with Crippen LogP contribution in [0.15, 0.2) is 0 Å². The molecule has 0 aromatic heterocycles. The minimum Gasteiger partial charge on any atom is -0.362 e. The van der Waals surface area contributed by atoms with E-state index in [1.807, 2.05) is 6.92 Å². The van der Waals surface area contributed by atoms with Crippen LogP contribution in [0.25, 0.3) is 0 Å². The second-order valence-corrected chi connectivity index (χ2v) is 2.34. The number of ether oxygens (including phenoxy) is 1. The summed E-state index contributed by atoms with van der Waals surface area (Å²) in [4.78, 5) is 0. The smallest absolute Gasteiger partial charge is 0.144 e. The van der Waals surface area contributed by atoms with Crippen molar-refractivity contribution in [3.8, 4) is 6.07 Å². The Labute approximate surface area is 66.7 Å². The summed E-state index contributed by atoms with van der Waals surface area (Å²) in [6, 6.07) is 2.06. The maximum Gasteiger partial charge on any atom is 0.144 e. The number of nitriles is 1. The van der Waals surface area contributed by atoms with Gasteiger partial charge < -0.3 is 4.74 Å². The standard InChI is InChI=1S/C7H12ClNO/c1-2-3-7(6-9)10-5-4-8/h7H,2-5H2,1H3. The lowest BCUT2D eigenvalue weighted by atomic mass is 10.2. The number of nitrogens with zero attached hydrogens (tertiary/aromatic N) is 1. The molecule has 2 nitrogen and oxygen atoms in total. The largest absolute Gasteiger partial charge is 0.362 e. The van der Waals surface area contributed by atoms with Crippen LogP contribution in [0.2, 0.25) is 0 Å². The third-order valence-electron chi connectivity index (χ3n) is 1.09. The molecule has 0 radical (unpaired) electrons. The van der Waals surface area contributed by atoms with Crippen molar-refractivity contribution in [1.82, 2.24) is 0 Å². The highest BCUT2D eigenvalue weighted by Crippen LogP contribution is 2.00. The van der Waals surface area contributed by atoms with E-state index < -0.39 is 0 Å². The fourth-order valence-electron chi connectivity index (χ4n) is 0.634. The van der Waals surface area contributed by atoms with Gasteiger partial charge >= 0.3 is 0 Å². The van der Waals surface area contributed by atoms with E-state index in [1.54, 1.807) is 0 Å². The van der Waals surface area contributed by atoms with E-state index in [0.29, 0.717) is 12.5 Å². The zero-order chi connectivity index (χ0) is 7.82. The van der Waals surface area contributed by atoms with E-state index in [2.05, 4.69) is 6.07 Å². The van der Waals surface area contributed by atoms with Crippen LogP contribution in [0.3, 0.4) is 0 Å². The average molecular weight is 162 g/mol. The van der Waals surface area contributed by atoms with Gasteiger partial charge in [0.1, 0.15) is 6.10 Å².